The van der Waals surface area contributed by atoms with Gasteiger partial charge in [-0.25, -0.2) is 0 Å². The van der Waals surface area contributed by atoms with E-state index in [1.165, 1.54) is 0 Å². The van der Waals surface area contributed by atoms with Gasteiger partial charge in [-0.15, -0.1) is 0 Å². The molecule has 0 aromatic heterocycles. The highest BCUT2D eigenvalue weighted by molar-refractivity contribution is 6.00. The monoisotopic (exact) mass is 250 g/mol. The minimum absolute atomic E-state index is 0.176. The first-order valence-electron chi connectivity index (χ1n) is 5.82. The number of oxime groups is 1. The first-order valence-corrected chi connectivity index (χ1v) is 5.82. The lowest BCUT2D eigenvalue weighted by Gasteiger charge is -2.13. The van der Waals surface area contributed by atoms with Crippen molar-refractivity contribution in [2.75, 3.05) is 7.05 Å². The maximum Gasteiger partial charge on any atom is 0.260 e. The molecule has 0 radical (unpaired) electrons. The van der Waals surface area contributed by atoms with Gasteiger partial charge in [0, 0.05) is 7.05 Å². The van der Waals surface area contributed by atoms with E-state index in [4.69, 9.17) is 9.94 Å². The lowest BCUT2D eigenvalue weighted by molar-refractivity contribution is -0.126. The fourth-order valence-corrected chi connectivity index (χ4v) is 1.52. The highest BCUT2D eigenvalue weighted by Gasteiger charge is 2.12. The van der Waals surface area contributed by atoms with Crippen molar-refractivity contribution in [3.05, 3.63) is 29.8 Å². The third-order valence-corrected chi connectivity index (χ3v) is 2.57. The molecule has 18 heavy (non-hydrogen) atoms. The Kier molecular flexibility index (Phi) is 5.17. The number of likely N-dealkylation sites (N-methyl/N-ethyl adjacent to an activating group) is 1. The van der Waals surface area contributed by atoms with Gasteiger partial charge in [0.05, 0.1) is 5.71 Å². The number of carbonyl (C=O) groups excluding carboxylic acids is 1. The molecule has 0 saturated carbocycles. The molecule has 1 amide bonds. The van der Waals surface area contributed by atoms with Crippen LogP contribution in [0.25, 0.3) is 0 Å². The number of benzene rings is 1. The Morgan fingerprint density at radius 2 is 2.06 bits per heavy atom. The molecule has 0 aliphatic heterocycles. The standard InChI is InChI=1S/C13H18N2O3/c1-4-12(15-17)10-5-7-11(8-6-10)18-9(2)13(16)14-3/h5-9,17H,4H2,1-3H3,(H,14,16)/b15-12+. The molecule has 1 rings (SSSR count). The molecule has 5 heteroatoms. The molecule has 0 bridgehead atoms. The van der Waals surface area contributed by atoms with Crippen LogP contribution in [0.1, 0.15) is 25.8 Å². The molecule has 2 N–H and O–H groups in total. The van der Waals surface area contributed by atoms with E-state index >= 15 is 0 Å². The van der Waals surface area contributed by atoms with Crippen LogP contribution in [0.15, 0.2) is 29.4 Å². The fourth-order valence-electron chi connectivity index (χ4n) is 1.52. The van der Waals surface area contributed by atoms with Gasteiger partial charge in [-0.05, 0) is 43.2 Å². The van der Waals surface area contributed by atoms with E-state index in [9.17, 15) is 4.79 Å². The molecular formula is C13H18N2O3. The van der Waals surface area contributed by atoms with Crippen molar-refractivity contribution in [1.82, 2.24) is 5.32 Å². The van der Waals surface area contributed by atoms with Crippen LogP contribution in [-0.2, 0) is 4.79 Å². The Bertz CT molecular complexity index is 426. The Labute approximate surface area is 106 Å². The van der Waals surface area contributed by atoms with Crippen molar-refractivity contribution in [3.8, 4) is 5.75 Å². The predicted molar refractivity (Wildman–Crippen MR) is 69.2 cm³/mol. The van der Waals surface area contributed by atoms with Crippen LogP contribution in [0, 0.1) is 0 Å². The van der Waals surface area contributed by atoms with Gasteiger partial charge >= 0.3 is 0 Å². The Balaban J connectivity index is 2.74. The van der Waals surface area contributed by atoms with Gasteiger partial charge in [-0.2, -0.15) is 0 Å². The van der Waals surface area contributed by atoms with E-state index in [1.807, 2.05) is 6.92 Å². The molecule has 0 saturated heterocycles. The normalized spacial score (nSPS) is 12.9. The van der Waals surface area contributed by atoms with E-state index in [0.717, 1.165) is 5.56 Å². The number of amides is 1. The van der Waals surface area contributed by atoms with Crippen LogP contribution in [0.2, 0.25) is 0 Å². The largest absolute Gasteiger partial charge is 0.481 e. The Morgan fingerprint density at radius 1 is 1.44 bits per heavy atom. The van der Waals surface area contributed by atoms with Crippen LogP contribution in [0.5, 0.6) is 5.75 Å². The SMILES string of the molecule is CC/C(=N\O)c1ccc(OC(C)C(=O)NC)cc1. The van der Waals surface area contributed by atoms with Crippen molar-refractivity contribution in [1.29, 1.82) is 0 Å². The van der Waals surface area contributed by atoms with Crippen molar-refractivity contribution < 1.29 is 14.7 Å². The number of ether oxygens (including phenoxy) is 1. The summed E-state index contributed by atoms with van der Waals surface area (Å²) in [4.78, 5) is 11.3. The molecule has 1 unspecified atom stereocenters. The molecule has 1 aromatic carbocycles. The summed E-state index contributed by atoms with van der Waals surface area (Å²) in [5.74, 6) is 0.425. The molecule has 0 fully saturated rings. The summed E-state index contributed by atoms with van der Waals surface area (Å²) < 4.78 is 5.45. The summed E-state index contributed by atoms with van der Waals surface area (Å²) in [5.41, 5.74) is 1.45. The Morgan fingerprint density at radius 3 is 2.50 bits per heavy atom. The number of carbonyl (C=O) groups is 1. The maximum absolute atomic E-state index is 11.3. The van der Waals surface area contributed by atoms with Gasteiger partial charge in [0.2, 0.25) is 0 Å². The fraction of sp³-hybridized carbons (Fsp3) is 0.385. The van der Waals surface area contributed by atoms with Crippen LogP contribution >= 0.6 is 0 Å². The molecule has 1 aromatic rings. The first kappa shape index (κ1) is 14.0. The van der Waals surface area contributed by atoms with Crippen LogP contribution in [0.4, 0.5) is 0 Å². The zero-order chi connectivity index (χ0) is 13.5. The van der Waals surface area contributed by atoms with E-state index in [2.05, 4.69) is 10.5 Å². The van der Waals surface area contributed by atoms with Crippen LogP contribution < -0.4 is 10.1 Å². The quantitative estimate of drug-likeness (QED) is 0.475. The van der Waals surface area contributed by atoms with Gasteiger partial charge in [0.15, 0.2) is 6.10 Å². The number of hydrogen-bond acceptors (Lipinski definition) is 4. The minimum atomic E-state index is -0.544. The van der Waals surface area contributed by atoms with E-state index in [-0.39, 0.29) is 5.91 Å². The van der Waals surface area contributed by atoms with Crippen LogP contribution in [0.3, 0.4) is 0 Å². The second-order valence-corrected chi connectivity index (χ2v) is 3.80. The summed E-state index contributed by atoms with van der Waals surface area (Å²) in [6.07, 6.45) is 0.101. The van der Waals surface area contributed by atoms with Gasteiger partial charge < -0.3 is 15.3 Å². The summed E-state index contributed by atoms with van der Waals surface area (Å²) in [7, 11) is 1.57. The van der Waals surface area contributed by atoms with Crippen molar-refractivity contribution in [2.45, 2.75) is 26.4 Å². The van der Waals surface area contributed by atoms with E-state index < -0.39 is 6.10 Å². The summed E-state index contributed by atoms with van der Waals surface area (Å²) >= 11 is 0. The molecule has 98 valence electrons. The van der Waals surface area contributed by atoms with E-state index in [0.29, 0.717) is 17.9 Å². The summed E-state index contributed by atoms with van der Waals surface area (Å²) in [5, 5.41) is 14.5. The number of nitrogens with one attached hydrogen (secondary N) is 1. The smallest absolute Gasteiger partial charge is 0.260 e. The van der Waals surface area contributed by atoms with Crippen molar-refractivity contribution >= 4 is 11.6 Å². The van der Waals surface area contributed by atoms with Gasteiger partial charge in [0.1, 0.15) is 5.75 Å². The molecule has 0 spiro atoms. The number of rotatable bonds is 5. The van der Waals surface area contributed by atoms with Crippen molar-refractivity contribution in [3.63, 3.8) is 0 Å². The topological polar surface area (TPSA) is 70.9 Å². The first-order chi connectivity index (χ1) is 8.62. The molecular weight excluding hydrogens is 232 g/mol. The summed E-state index contributed by atoms with van der Waals surface area (Å²) in [6.45, 7) is 3.59. The lowest BCUT2D eigenvalue weighted by atomic mass is 10.1. The van der Waals surface area contributed by atoms with Gasteiger partial charge in [-0.1, -0.05) is 12.1 Å². The molecule has 0 aliphatic rings. The third kappa shape index (κ3) is 3.48. The molecule has 1 atom stereocenters. The third-order valence-electron chi connectivity index (χ3n) is 2.57. The molecule has 5 nitrogen and oxygen atoms in total. The predicted octanol–water partition coefficient (Wildman–Crippen LogP) is 1.79. The highest BCUT2D eigenvalue weighted by Crippen LogP contribution is 2.15. The van der Waals surface area contributed by atoms with Gasteiger partial charge in [-0.3, -0.25) is 4.79 Å². The minimum Gasteiger partial charge on any atom is -0.481 e. The molecule has 0 aliphatic carbocycles. The van der Waals surface area contributed by atoms with Gasteiger partial charge in [0.25, 0.3) is 5.91 Å². The average molecular weight is 250 g/mol. The number of nitrogens with zero attached hydrogens (tertiary/aromatic N) is 1. The summed E-state index contributed by atoms with van der Waals surface area (Å²) in [6, 6.07) is 7.08. The second kappa shape index (κ2) is 6.64. The average Bonchev–Trinajstić information content (AvgIpc) is 2.41. The van der Waals surface area contributed by atoms with Crippen molar-refractivity contribution in [2.24, 2.45) is 5.16 Å². The number of hydrogen-bond donors (Lipinski definition) is 2. The highest BCUT2D eigenvalue weighted by atomic mass is 16.5. The second-order valence-electron chi connectivity index (χ2n) is 3.80. The Hall–Kier alpha value is -2.04. The zero-order valence-electron chi connectivity index (χ0n) is 10.8. The zero-order valence-corrected chi connectivity index (χ0v) is 10.8. The van der Waals surface area contributed by atoms with E-state index in [1.54, 1.807) is 38.2 Å². The molecule has 0 heterocycles. The van der Waals surface area contributed by atoms with Crippen LogP contribution in [-0.4, -0.2) is 30.0 Å². The lowest BCUT2D eigenvalue weighted by Crippen LogP contribution is -2.33. The maximum atomic E-state index is 11.3.